The summed E-state index contributed by atoms with van der Waals surface area (Å²) in [7, 11) is 0. The number of carbonyl (C=O) groups is 1. The van der Waals surface area contributed by atoms with E-state index in [4.69, 9.17) is 5.73 Å². The Morgan fingerprint density at radius 1 is 1.38 bits per heavy atom. The van der Waals surface area contributed by atoms with Crippen LogP contribution in [0.15, 0.2) is 35.4 Å². The Hall–Kier alpha value is -2.47. The van der Waals surface area contributed by atoms with Crippen molar-refractivity contribution in [2.45, 2.75) is 19.5 Å². The number of aromatic nitrogens is 2. The van der Waals surface area contributed by atoms with E-state index in [9.17, 15) is 9.59 Å². The molecule has 0 radical (unpaired) electrons. The van der Waals surface area contributed by atoms with Gasteiger partial charge in [0, 0.05) is 17.7 Å². The van der Waals surface area contributed by atoms with Crippen LogP contribution in [-0.2, 0) is 19.5 Å². The normalized spacial score (nSPS) is 13.7. The number of nitrogens with one attached hydrogen (secondary N) is 1. The number of carbonyl (C=O) groups excluding carboxylic acids is 1. The van der Waals surface area contributed by atoms with Crippen LogP contribution < -0.4 is 16.6 Å². The van der Waals surface area contributed by atoms with E-state index in [1.165, 1.54) is 10.9 Å². The fraction of sp³-hybridized carbons (Fsp3) is 0.267. The molecule has 0 atom stereocenters. The van der Waals surface area contributed by atoms with Gasteiger partial charge in [-0.2, -0.15) is 0 Å². The Balaban J connectivity index is 2.00. The molecule has 0 spiro atoms. The van der Waals surface area contributed by atoms with E-state index in [1.807, 2.05) is 6.07 Å². The number of nitrogens with zero attached hydrogens (tertiary/aromatic N) is 2. The molecular weight excluding hydrogens is 268 g/mol. The van der Waals surface area contributed by atoms with Crippen LogP contribution >= 0.6 is 0 Å². The van der Waals surface area contributed by atoms with Crippen molar-refractivity contribution in [2.24, 2.45) is 5.73 Å². The molecule has 0 unspecified atom stereocenters. The largest absolute Gasteiger partial charge is 0.366 e. The fourth-order valence-electron chi connectivity index (χ4n) is 2.58. The van der Waals surface area contributed by atoms with Crippen molar-refractivity contribution in [1.82, 2.24) is 14.9 Å². The van der Waals surface area contributed by atoms with E-state index in [0.717, 1.165) is 23.4 Å². The first-order valence-electron chi connectivity index (χ1n) is 6.82. The third-order valence-electron chi connectivity index (χ3n) is 3.69. The molecule has 0 bridgehead atoms. The zero-order chi connectivity index (χ0) is 14.8. The minimum absolute atomic E-state index is 0.0410. The lowest BCUT2D eigenvalue weighted by Gasteiger charge is -2.17. The predicted molar refractivity (Wildman–Crippen MR) is 78.0 cm³/mol. The average Bonchev–Trinajstić information content (AvgIpc) is 2.51. The second-order valence-corrected chi connectivity index (χ2v) is 5.05. The number of nitrogens with two attached hydrogens (primary N) is 1. The molecule has 1 aliphatic rings. The second-order valence-electron chi connectivity index (χ2n) is 5.05. The summed E-state index contributed by atoms with van der Waals surface area (Å²) in [5.41, 5.74) is 8.05. The smallest absolute Gasteiger partial charge is 0.257 e. The number of hydrogen-bond acceptors (Lipinski definition) is 4. The lowest BCUT2D eigenvalue weighted by atomic mass is 10.1. The summed E-state index contributed by atoms with van der Waals surface area (Å²) < 4.78 is 1.53. The van der Waals surface area contributed by atoms with Crippen molar-refractivity contribution < 1.29 is 4.79 Å². The third kappa shape index (κ3) is 2.57. The molecule has 1 amide bonds. The Kier molecular flexibility index (Phi) is 3.53. The van der Waals surface area contributed by atoms with E-state index in [0.29, 0.717) is 25.1 Å². The van der Waals surface area contributed by atoms with Crippen LogP contribution in [0.1, 0.15) is 27.2 Å². The highest BCUT2D eigenvalue weighted by molar-refractivity contribution is 5.94. The molecule has 6 heteroatoms. The van der Waals surface area contributed by atoms with Gasteiger partial charge in [-0.25, -0.2) is 4.98 Å². The zero-order valence-corrected chi connectivity index (χ0v) is 11.5. The van der Waals surface area contributed by atoms with Crippen LogP contribution in [0.25, 0.3) is 0 Å². The van der Waals surface area contributed by atoms with Gasteiger partial charge in [-0.15, -0.1) is 0 Å². The summed E-state index contributed by atoms with van der Waals surface area (Å²) in [6.45, 7) is 1.71. The van der Waals surface area contributed by atoms with Gasteiger partial charge in [0.1, 0.15) is 0 Å². The maximum Gasteiger partial charge on any atom is 0.257 e. The minimum Gasteiger partial charge on any atom is -0.366 e. The van der Waals surface area contributed by atoms with Crippen molar-refractivity contribution in [3.63, 3.8) is 0 Å². The SMILES string of the molecule is NC(=O)c1ccccc1Cn1cnc2c(c1=O)CCNC2. The standard InChI is InChI=1S/C15H16N4O2/c16-14(20)11-4-2-1-3-10(11)8-19-9-18-13-7-17-6-5-12(13)15(19)21/h1-4,9,17H,5-8H2,(H2,16,20). The first kappa shape index (κ1) is 13.5. The summed E-state index contributed by atoms with van der Waals surface area (Å²) in [6, 6.07) is 7.04. The van der Waals surface area contributed by atoms with Crippen LogP contribution in [0.3, 0.4) is 0 Å². The number of rotatable bonds is 3. The fourth-order valence-corrected chi connectivity index (χ4v) is 2.58. The molecule has 21 heavy (non-hydrogen) atoms. The summed E-state index contributed by atoms with van der Waals surface area (Å²) in [5, 5.41) is 3.19. The molecule has 0 saturated carbocycles. The summed E-state index contributed by atoms with van der Waals surface area (Å²) in [4.78, 5) is 28.3. The van der Waals surface area contributed by atoms with Gasteiger partial charge in [-0.05, 0) is 24.6 Å². The van der Waals surface area contributed by atoms with E-state index in [1.54, 1.807) is 18.2 Å². The van der Waals surface area contributed by atoms with Gasteiger partial charge in [0.05, 0.1) is 18.6 Å². The molecule has 3 rings (SSSR count). The van der Waals surface area contributed by atoms with Gasteiger partial charge in [0.2, 0.25) is 5.91 Å². The van der Waals surface area contributed by atoms with Gasteiger partial charge < -0.3 is 11.1 Å². The summed E-state index contributed by atoms with van der Waals surface area (Å²) >= 11 is 0. The van der Waals surface area contributed by atoms with E-state index < -0.39 is 5.91 Å². The maximum absolute atomic E-state index is 12.5. The van der Waals surface area contributed by atoms with Crippen molar-refractivity contribution in [3.8, 4) is 0 Å². The van der Waals surface area contributed by atoms with Crippen LogP contribution in [0.4, 0.5) is 0 Å². The molecule has 0 aliphatic carbocycles. The number of fused-ring (bicyclic) bond motifs is 1. The zero-order valence-electron chi connectivity index (χ0n) is 11.5. The molecule has 2 aromatic rings. The summed E-state index contributed by atoms with van der Waals surface area (Å²) in [6.07, 6.45) is 2.21. The molecule has 1 aliphatic heterocycles. The molecule has 1 aromatic heterocycles. The van der Waals surface area contributed by atoms with Crippen molar-refractivity contribution in [1.29, 1.82) is 0 Å². The quantitative estimate of drug-likeness (QED) is 0.832. The first-order chi connectivity index (χ1) is 10.2. The van der Waals surface area contributed by atoms with Crippen LogP contribution in [0.5, 0.6) is 0 Å². The van der Waals surface area contributed by atoms with Gasteiger partial charge in [-0.1, -0.05) is 18.2 Å². The predicted octanol–water partition coefficient (Wildman–Crippen LogP) is 0.0362. The van der Waals surface area contributed by atoms with E-state index in [-0.39, 0.29) is 5.56 Å². The maximum atomic E-state index is 12.5. The van der Waals surface area contributed by atoms with Gasteiger partial charge in [0.15, 0.2) is 0 Å². The third-order valence-corrected chi connectivity index (χ3v) is 3.69. The van der Waals surface area contributed by atoms with Gasteiger partial charge >= 0.3 is 0 Å². The highest BCUT2D eigenvalue weighted by atomic mass is 16.1. The topological polar surface area (TPSA) is 90.0 Å². The Labute approximate surface area is 121 Å². The van der Waals surface area contributed by atoms with Crippen LogP contribution in [-0.4, -0.2) is 22.0 Å². The van der Waals surface area contributed by atoms with E-state index >= 15 is 0 Å². The monoisotopic (exact) mass is 284 g/mol. The van der Waals surface area contributed by atoms with Crippen molar-refractivity contribution in [2.75, 3.05) is 6.54 Å². The number of hydrogen-bond donors (Lipinski definition) is 2. The highest BCUT2D eigenvalue weighted by Crippen LogP contribution is 2.11. The highest BCUT2D eigenvalue weighted by Gasteiger charge is 2.16. The molecule has 108 valence electrons. The van der Waals surface area contributed by atoms with Gasteiger partial charge in [0.25, 0.3) is 5.56 Å². The molecule has 0 fully saturated rings. The van der Waals surface area contributed by atoms with Crippen molar-refractivity contribution >= 4 is 5.91 Å². The molecule has 1 aromatic carbocycles. The van der Waals surface area contributed by atoms with Crippen LogP contribution in [0, 0.1) is 0 Å². The minimum atomic E-state index is -0.492. The first-order valence-corrected chi connectivity index (χ1v) is 6.82. The van der Waals surface area contributed by atoms with E-state index in [2.05, 4.69) is 10.3 Å². The lowest BCUT2D eigenvalue weighted by molar-refractivity contribution is 0.0999. The van der Waals surface area contributed by atoms with Gasteiger partial charge in [-0.3, -0.25) is 14.2 Å². The number of primary amides is 1. The van der Waals surface area contributed by atoms with Crippen molar-refractivity contribution in [3.05, 3.63) is 63.3 Å². The second kappa shape index (κ2) is 5.49. The van der Waals surface area contributed by atoms with Crippen LogP contribution in [0.2, 0.25) is 0 Å². The molecule has 2 heterocycles. The molecule has 6 nitrogen and oxygen atoms in total. The molecular formula is C15H16N4O2. The molecule has 0 saturated heterocycles. The Bertz CT molecular complexity index is 752. The Morgan fingerprint density at radius 2 is 2.19 bits per heavy atom. The lowest BCUT2D eigenvalue weighted by Crippen LogP contribution is -2.34. The number of benzene rings is 1. The average molecular weight is 284 g/mol. The summed E-state index contributed by atoms with van der Waals surface area (Å²) in [5.74, 6) is -0.492. The molecule has 3 N–H and O–H groups in total. The Morgan fingerprint density at radius 3 is 3.00 bits per heavy atom. The number of amides is 1.